The molecule has 0 saturated heterocycles. The van der Waals surface area contributed by atoms with Gasteiger partial charge in [-0.1, -0.05) is 30.3 Å². The number of rotatable bonds is 4. The average Bonchev–Trinajstić information content (AvgIpc) is 3.09. The van der Waals surface area contributed by atoms with Crippen LogP contribution < -0.4 is 5.32 Å². The molecular formula is C19H15F6N3. The summed E-state index contributed by atoms with van der Waals surface area (Å²) in [4.78, 5) is 0. The van der Waals surface area contributed by atoms with Crippen LogP contribution in [0.2, 0.25) is 0 Å². The van der Waals surface area contributed by atoms with Gasteiger partial charge in [-0.3, -0.25) is 0 Å². The molecule has 3 nitrogen and oxygen atoms in total. The van der Waals surface area contributed by atoms with Gasteiger partial charge < -0.3 is 5.32 Å². The van der Waals surface area contributed by atoms with Crippen LogP contribution in [-0.4, -0.2) is 9.78 Å². The highest BCUT2D eigenvalue weighted by Gasteiger charge is 2.42. The Hall–Kier alpha value is -2.97. The minimum atomic E-state index is -4.98. The summed E-state index contributed by atoms with van der Waals surface area (Å²) >= 11 is 0. The third-order valence-corrected chi connectivity index (χ3v) is 4.08. The zero-order chi connectivity index (χ0) is 20.5. The second-order valence-corrected chi connectivity index (χ2v) is 6.15. The van der Waals surface area contributed by atoms with E-state index in [9.17, 15) is 26.3 Å². The topological polar surface area (TPSA) is 29.9 Å². The largest absolute Gasteiger partial charge is 0.435 e. The van der Waals surface area contributed by atoms with Crippen molar-refractivity contribution in [3.8, 4) is 5.69 Å². The molecule has 0 radical (unpaired) electrons. The van der Waals surface area contributed by atoms with E-state index in [1.54, 1.807) is 0 Å². The number of nitrogens with one attached hydrogen (secondary N) is 1. The molecule has 0 saturated carbocycles. The van der Waals surface area contributed by atoms with Crippen molar-refractivity contribution in [2.24, 2.45) is 0 Å². The average molecular weight is 399 g/mol. The molecule has 1 atom stereocenters. The third kappa shape index (κ3) is 4.29. The van der Waals surface area contributed by atoms with Gasteiger partial charge in [0.15, 0.2) is 5.69 Å². The van der Waals surface area contributed by atoms with Crippen LogP contribution in [0.15, 0.2) is 60.7 Å². The minimum Gasteiger partial charge on any atom is -0.379 e. The summed E-state index contributed by atoms with van der Waals surface area (Å²) < 4.78 is 78.1. The van der Waals surface area contributed by atoms with E-state index in [4.69, 9.17) is 0 Å². The molecule has 0 aliphatic carbocycles. The third-order valence-electron chi connectivity index (χ3n) is 4.08. The van der Waals surface area contributed by atoms with E-state index in [0.717, 1.165) is 5.56 Å². The molecule has 1 aromatic heterocycles. The fourth-order valence-corrected chi connectivity index (χ4v) is 2.69. The molecule has 2 aromatic carbocycles. The van der Waals surface area contributed by atoms with Gasteiger partial charge in [-0.25, -0.2) is 4.68 Å². The Bertz CT molecular complexity index is 927. The smallest absolute Gasteiger partial charge is 0.379 e. The predicted molar refractivity (Wildman–Crippen MR) is 92.0 cm³/mol. The highest BCUT2D eigenvalue weighted by molar-refractivity contribution is 5.50. The quantitative estimate of drug-likeness (QED) is 0.539. The van der Waals surface area contributed by atoms with Crippen LogP contribution in [0.1, 0.15) is 29.9 Å². The van der Waals surface area contributed by atoms with Crippen molar-refractivity contribution in [3.05, 3.63) is 77.6 Å². The molecule has 3 rings (SSSR count). The van der Waals surface area contributed by atoms with Gasteiger partial charge in [0, 0.05) is 17.8 Å². The van der Waals surface area contributed by atoms with E-state index in [1.807, 2.05) is 37.3 Å². The van der Waals surface area contributed by atoms with Crippen LogP contribution in [0.5, 0.6) is 0 Å². The van der Waals surface area contributed by atoms with Gasteiger partial charge >= 0.3 is 12.4 Å². The Morgan fingerprint density at radius 2 is 1.46 bits per heavy atom. The van der Waals surface area contributed by atoms with E-state index in [1.165, 1.54) is 24.3 Å². The summed E-state index contributed by atoms with van der Waals surface area (Å²) in [6, 6.07) is 15.0. The fourth-order valence-electron chi connectivity index (χ4n) is 2.69. The summed E-state index contributed by atoms with van der Waals surface area (Å²) in [5, 5.41) is 6.29. The summed E-state index contributed by atoms with van der Waals surface area (Å²) in [6.45, 7) is 1.91. The van der Waals surface area contributed by atoms with Gasteiger partial charge in [-0.05, 0) is 36.8 Å². The number of anilines is 1. The molecule has 148 valence electrons. The summed E-state index contributed by atoms with van der Waals surface area (Å²) in [6.07, 6.45) is -9.95. The first-order valence-corrected chi connectivity index (χ1v) is 8.22. The van der Waals surface area contributed by atoms with Crippen molar-refractivity contribution in [1.29, 1.82) is 0 Å². The highest BCUT2D eigenvalue weighted by atomic mass is 19.4. The first kappa shape index (κ1) is 19.8. The minimum absolute atomic E-state index is 0.00361. The number of hydrogen-bond donors (Lipinski definition) is 1. The predicted octanol–water partition coefficient (Wildman–Crippen LogP) is 6.08. The van der Waals surface area contributed by atoms with Gasteiger partial charge in [-0.2, -0.15) is 31.4 Å². The van der Waals surface area contributed by atoms with E-state index in [0.29, 0.717) is 5.69 Å². The lowest BCUT2D eigenvalue weighted by molar-refractivity contribution is -0.143. The van der Waals surface area contributed by atoms with Crippen LogP contribution in [0, 0.1) is 0 Å². The molecule has 1 N–H and O–H groups in total. The molecule has 0 fully saturated rings. The first-order valence-electron chi connectivity index (χ1n) is 8.22. The number of nitrogens with zero attached hydrogens (tertiary/aromatic N) is 2. The number of halogens is 6. The molecule has 0 aliphatic heterocycles. The zero-order valence-electron chi connectivity index (χ0n) is 14.5. The van der Waals surface area contributed by atoms with E-state index < -0.39 is 23.7 Å². The van der Waals surface area contributed by atoms with Crippen LogP contribution in [0.25, 0.3) is 5.69 Å². The SMILES string of the molecule is CC(Nc1ccc(-n2nc(C(F)(F)F)cc2C(F)(F)F)cc1)c1ccccc1. The first-order chi connectivity index (χ1) is 13.1. The summed E-state index contributed by atoms with van der Waals surface area (Å²) in [5.41, 5.74) is -1.59. The normalized spacial score (nSPS) is 13.4. The molecule has 9 heteroatoms. The van der Waals surface area contributed by atoms with Crippen molar-refractivity contribution in [3.63, 3.8) is 0 Å². The number of hydrogen-bond acceptors (Lipinski definition) is 2. The maximum atomic E-state index is 13.1. The van der Waals surface area contributed by atoms with Gasteiger partial charge in [0.1, 0.15) is 5.69 Å². The lowest BCUT2D eigenvalue weighted by Gasteiger charge is -2.16. The van der Waals surface area contributed by atoms with Crippen LogP contribution in [-0.2, 0) is 12.4 Å². The molecule has 28 heavy (non-hydrogen) atoms. The van der Waals surface area contributed by atoms with Crippen molar-refractivity contribution >= 4 is 5.69 Å². The second-order valence-electron chi connectivity index (χ2n) is 6.15. The number of alkyl halides is 6. The lowest BCUT2D eigenvalue weighted by Crippen LogP contribution is -2.13. The van der Waals surface area contributed by atoms with Gasteiger partial charge in [-0.15, -0.1) is 0 Å². The maximum Gasteiger partial charge on any atom is 0.435 e. The molecule has 0 amide bonds. The van der Waals surface area contributed by atoms with Gasteiger partial charge in [0.2, 0.25) is 0 Å². The van der Waals surface area contributed by atoms with Crippen LogP contribution in [0.3, 0.4) is 0 Å². The molecule has 0 spiro atoms. The molecular weight excluding hydrogens is 384 g/mol. The highest BCUT2D eigenvalue weighted by Crippen LogP contribution is 2.36. The summed E-state index contributed by atoms with van der Waals surface area (Å²) in [5.74, 6) is 0. The van der Waals surface area contributed by atoms with E-state index >= 15 is 0 Å². The number of aromatic nitrogens is 2. The van der Waals surface area contributed by atoms with Crippen molar-refractivity contribution < 1.29 is 26.3 Å². The Kier molecular flexibility index (Phi) is 5.10. The molecule has 1 unspecified atom stereocenters. The van der Waals surface area contributed by atoms with Crippen molar-refractivity contribution in [1.82, 2.24) is 9.78 Å². The van der Waals surface area contributed by atoms with Gasteiger partial charge in [0.05, 0.1) is 5.69 Å². The number of benzene rings is 2. The Morgan fingerprint density at radius 3 is 2.00 bits per heavy atom. The maximum absolute atomic E-state index is 13.1. The standard InChI is InChI=1S/C19H15F6N3/c1-12(13-5-3-2-4-6-13)26-14-7-9-15(10-8-14)28-17(19(23,24)25)11-16(27-28)18(20,21)22/h2-12,26H,1H3. The molecule has 0 aliphatic rings. The summed E-state index contributed by atoms with van der Waals surface area (Å²) in [7, 11) is 0. The Balaban J connectivity index is 1.88. The van der Waals surface area contributed by atoms with Crippen molar-refractivity contribution in [2.45, 2.75) is 25.3 Å². The molecule has 3 aromatic rings. The second kappa shape index (κ2) is 7.21. The Labute approximate surface area is 156 Å². The van der Waals surface area contributed by atoms with Crippen LogP contribution in [0.4, 0.5) is 32.0 Å². The Morgan fingerprint density at radius 1 is 0.857 bits per heavy atom. The molecule has 0 bridgehead atoms. The van der Waals surface area contributed by atoms with Crippen LogP contribution >= 0.6 is 0 Å². The lowest BCUT2D eigenvalue weighted by atomic mass is 10.1. The monoisotopic (exact) mass is 399 g/mol. The zero-order valence-corrected chi connectivity index (χ0v) is 14.5. The molecule has 1 heterocycles. The fraction of sp³-hybridized carbons (Fsp3) is 0.211. The van der Waals surface area contributed by atoms with E-state index in [2.05, 4.69) is 10.4 Å². The van der Waals surface area contributed by atoms with Crippen molar-refractivity contribution in [2.75, 3.05) is 5.32 Å². The van der Waals surface area contributed by atoms with Gasteiger partial charge in [0.25, 0.3) is 0 Å². The van der Waals surface area contributed by atoms with E-state index in [-0.39, 0.29) is 22.5 Å².